The SMILES string of the molecule is C[C@H]1CC2CCC(C3CC4CCC(N3)C(N3CC5CCCC(CC5)C3)C4)C(C1)N2. The molecule has 0 amide bonds. The molecule has 6 bridgehead atoms. The fourth-order valence-corrected chi connectivity index (χ4v) is 8.90. The van der Waals surface area contributed by atoms with Gasteiger partial charge in [-0.2, -0.15) is 0 Å². The van der Waals surface area contributed by atoms with Crippen LogP contribution in [0.15, 0.2) is 0 Å². The maximum Gasteiger partial charge on any atom is 0.0252 e. The first kappa shape index (κ1) is 19.6. The van der Waals surface area contributed by atoms with E-state index in [1.807, 2.05) is 0 Å². The molecule has 2 aliphatic carbocycles. The first-order valence-corrected chi connectivity index (χ1v) is 13.5. The first-order valence-electron chi connectivity index (χ1n) is 13.5. The van der Waals surface area contributed by atoms with Crippen molar-refractivity contribution in [2.75, 3.05) is 13.1 Å². The van der Waals surface area contributed by atoms with Crippen molar-refractivity contribution < 1.29 is 0 Å². The van der Waals surface area contributed by atoms with Gasteiger partial charge in [0.05, 0.1) is 0 Å². The molecule has 3 heteroatoms. The lowest BCUT2D eigenvalue weighted by Gasteiger charge is -2.47. The number of piperidine rings is 2. The van der Waals surface area contributed by atoms with Crippen molar-refractivity contribution in [3.05, 3.63) is 0 Å². The Morgan fingerprint density at radius 3 is 2.21 bits per heavy atom. The van der Waals surface area contributed by atoms with Gasteiger partial charge in [0, 0.05) is 43.3 Å². The smallest absolute Gasteiger partial charge is 0.0252 e. The minimum Gasteiger partial charge on any atom is -0.311 e. The first-order chi connectivity index (χ1) is 14.2. The Morgan fingerprint density at radius 2 is 1.38 bits per heavy atom. The molecule has 29 heavy (non-hydrogen) atoms. The highest BCUT2D eigenvalue weighted by Crippen LogP contribution is 2.43. The summed E-state index contributed by atoms with van der Waals surface area (Å²) in [4.78, 5) is 3.02. The number of hydrogen-bond acceptors (Lipinski definition) is 3. The molecule has 0 spiro atoms. The van der Waals surface area contributed by atoms with E-state index in [2.05, 4.69) is 22.5 Å². The predicted octanol–water partition coefficient (Wildman–Crippen LogP) is 4.56. The number of nitrogens with zero attached hydrogens (tertiary/aromatic N) is 1. The standard InChI is InChI=1S/C26H45N3/c1-17-11-21-8-9-22(24(12-17)27-21)25-13-20-7-10-23(28-25)26(14-20)29-15-18-3-2-4-19(16-29)6-5-18/h17-28H,2-16H2,1H3/t17-,18?,19?,20?,21?,22?,23?,24?,25?,26?/m0/s1. The van der Waals surface area contributed by atoms with Crippen molar-refractivity contribution in [1.29, 1.82) is 0 Å². The molecule has 164 valence electrons. The zero-order chi connectivity index (χ0) is 19.4. The van der Waals surface area contributed by atoms with Crippen molar-refractivity contribution >= 4 is 0 Å². The summed E-state index contributed by atoms with van der Waals surface area (Å²) in [7, 11) is 0. The lowest BCUT2D eigenvalue weighted by molar-refractivity contribution is 0.0791. The Hall–Kier alpha value is -0.120. The summed E-state index contributed by atoms with van der Waals surface area (Å²) in [6, 6.07) is 4.02. The molecule has 9 unspecified atom stereocenters. The van der Waals surface area contributed by atoms with Gasteiger partial charge in [0.15, 0.2) is 0 Å². The molecule has 7 rings (SSSR count). The van der Waals surface area contributed by atoms with Gasteiger partial charge in [-0.25, -0.2) is 0 Å². The molecule has 0 aromatic rings. The van der Waals surface area contributed by atoms with E-state index in [9.17, 15) is 0 Å². The molecule has 5 saturated heterocycles. The summed E-state index contributed by atoms with van der Waals surface area (Å²) in [6.07, 6.45) is 19.2. The maximum atomic E-state index is 4.35. The molecule has 5 heterocycles. The molecule has 7 fully saturated rings. The Kier molecular flexibility index (Phi) is 5.46. The Bertz CT molecular complexity index is 562. The van der Waals surface area contributed by atoms with E-state index in [0.717, 1.165) is 59.8 Å². The van der Waals surface area contributed by atoms with Gasteiger partial charge in [0.2, 0.25) is 0 Å². The van der Waals surface area contributed by atoms with Crippen LogP contribution in [-0.4, -0.2) is 48.2 Å². The van der Waals surface area contributed by atoms with Gasteiger partial charge in [-0.1, -0.05) is 13.3 Å². The lowest BCUT2D eigenvalue weighted by Crippen LogP contribution is -2.60. The van der Waals surface area contributed by atoms with Gasteiger partial charge in [-0.15, -0.1) is 0 Å². The van der Waals surface area contributed by atoms with E-state index in [4.69, 9.17) is 0 Å². The molecule has 0 aromatic carbocycles. The summed E-state index contributed by atoms with van der Waals surface area (Å²) in [5.74, 6) is 4.81. The van der Waals surface area contributed by atoms with Crippen LogP contribution in [0.4, 0.5) is 0 Å². The number of likely N-dealkylation sites (tertiary alicyclic amines) is 1. The van der Waals surface area contributed by atoms with E-state index >= 15 is 0 Å². The minimum atomic E-state index is 0.774. The van der Waals surface area contributed by atoms with Gasteiger partial charge in [0.25, 0.3) is 0 Å². The van der Waals surface area contributed by atoms with Gasteiger partial charge < -0.3 is 10.6 Å². The van der Waals surface area contributed by atoms with Gasteiger partial charge >= 0.3 is 0 Å². The third-order valence-electron chi connectivity index (χ3n) is 10.3. The second-order valence-corrected chi connectivity index (χ2v) is 12.3. The zero-order valence-electron chi connectivity index (χ0n) is 18.8. The van der Waals surface area contributed by atoms with Crippen LogP contribution in [0.25, 0.3) is 0 Å². The molecule has 7 aliphatic rings. The van der Waals surface area contributed by atoms with Crippen LogP contribution in [-0.2, 0) is 0 Å². The quantitative estimate of drug-likeness (QED) is 0.712. The number of hydrogen-bond donors (Lipinski definition) is 2. The molecule has 2 saturated carbocycles. The van der Waals surface area contributed by atoms with Crippen molar-refractivity contribution in [3.63, 3.8) is 0 Å². The van der Waals surface area contributed by atoms with Crippen LogP contribution in [0.3, 0.4) is 0 Å². The molecule has 0 radical (unpaired) electrons. The number of nitrogens with one attached hydrogen (secondary N) is 2. The predicted molar refractivity (Wildman–Crippen MR) is 120 cm³/mol. The Balaban J connectivity index is 1.17. The molecule has 2 N–H and O–H groups in total. The van der Waals surface area contributed by atoms with Crippen molar-refractivity contribution in [1.82, 2.24) is 15.5 Å². The second kappa shape index (κ2) is 8.10. The van der Waals surface area contributed by atoms with Gasteiger partial charge in [0.1, 0.15) is 0 Å². The second-order valence-electron chi connectivity index (χ2n) is 12.3. The summed E-state index contributed by atoms with van der Waals surface area (Å²) in [5, 5.41) is 8.41. The molecular weight excluding hydrogens is 354 g/mol. The van der Waals surface area contributed by atoms with Crippen molar-refractivity contribution in [2.24, 2.45) is 29.6 Å². The van der Waals surface area contributed by atoms with Crippen LogP contribution >= 0.6 is 0 Å². The highest BCUT2D eigenvalue weighted by Gasteiger charge is 2.46. The lowest BCUT2D eigenvalue weighted by atomic mass is 9.71. The van der Waals surface area contributed by atoms with E-state index in [1.165, 1.54) is 96.6 Å². The van der Waals surface area contributed by atoms with Crippen molar-refractivity contribution in [2.45, 2.75) is 121 Å². The summed E-state index contributed by atoms with van der Waals surface area (Å²) >= 11 is 0. The summed E-state index contributed by atoms with van der Waals surface area (Å²) in [5.41, 5.74) is 0. The zero-order valence-corrected chi connectivity index (χ0v) is 18.8. The summed E-state index contributed by atoms with van der Waals surface area (Å²) < 4.78 is 0. The normalized spacial score (nSPS) is 53.3. The summed E-state index contributed by atoms with van der Waals surface area (Å²) in [6.45, 7) is 5.34. The number of rotatable bonds is 2. The third-order valence-corrected chi connectivity index (χ3v) is 10.3. The van der Waals surface area contributed by atoms with E-state index in [1.54, 1.807) is 0 Å². The van der Waals surface area contributed by atoms with Gasteiger partial charge in [-0.05, 0) is 107 Å². The Morgan fingerprint density at radius 1 is 0.621 bits per heavy atom. The number of fused-ring (bicyclic) bond motifs is 9. The molecule has 3 nitrogen and oxygen atoms in total. The van der Waals surface area contributed by atoms with Crippen LogP contribution in [0.2, 0.25) is 0 Å². The van der Waals surface area contributed by atoms with Crippen LogP contribution in [0.1, 0.15) is 90.4 Å². The fourth-order valence-electron chi connectivity index (χ4n) is 8.90. The largest absolute Gasteiger partial charge is 0.311 e. The minimum absolute atomic E-state index is 0.774. The van der Waals surface area contributed by atoms with E-state index < -0.39 is 0 Å². The molecular formula is C26H45N3. The van der Waals surface area contributed by atoms with Crippen LogP contribution in [0, 0.1) is 29.6 Å². The maximum absolute atomic E-state index is 4.35. The highest BCUT2D eigenvalue weighted by molar-refractivity contribution is 5.04. The Labute approximate surface area is 179 Å². The average Bonchev–Trinajstić information content (AvgIpc) is 3.18. The van der Waals surface area contributed by atoms with E-state index in [0.29, 0.717) is 0 Å². The molecule has 0 aromatic heterocycles. The van der Waals surface area contributed by atoms with Crippen LogP contribution in [0.5, 0.6) is 0 Å². The third kappa shape index (κ3) is 3.94. The van der Waals surface area contributed by atoms with Gasteiger partial charge in [-0.3, -0.25) is 4.90 Å². The highest BCUT2D eigenvalue weighted by atomic mass is 15.2. The van der Waals surface area contributed by atoms with Crippen LogP contribution < -0.4 is 10.6 Å². The topological polar surface area (TPSA) is 27.3 Å². The fraction of sp³-hybridized carbons (Fsp3) is 1.00. The van der Waals surface area contributed by atoms with Crippen molar-refractivity contribution in [3.8, 4) is 0 Å². The molecule has 10 atom stereocenters. The monoisotopic (exact) mass is 399 g/mol. The molecule has 5 aliphatic heterocycles. The van der Waals surface area contributed by atoms with E-state index in [-0.39, 0.29) is 0 Å². The average molecular weight is 400 g/mol.